The molecule has 0 radical (unpaired) electrons. The van der Waals surface area contributed by atoms with Crippen LogP contribution in [0, 0.1) is 0 Å². The minimum Gasteiger partial charge on any atom is -0.489 e. The van der Waals surface area contributed by atoms with Gasteiger partial charge in [0.2, 0.25) is 0 Å². The summed E-state index contributed by atoms with van der Waals surface area (Å²) in [6.07, 6.45) is 5.28. The Kier molecular flexibility index (Phi) is 6.84. The highest BCUT2D eigenvalue weighted by molar-refractivity contribution is 5.93. The van der Waals surface area contributed by atoms with Gasteiger partial charge in [-0.05, 0) is 48.1 Å². The summed E-state index contributed by atoms with van der Waals surface area (Å²) < 4.78 is 13.2. The molecule has 3 aromatic carbocycles. The molecule has 0 amide bonds. The van der Waals surface area contributed by atoms with Crippen molar-refractivity contribution in [3.05, 3.63) is 83.9 Å². The second-order valence-electron chi connectivity index (χ2n) is 9.49. The highest BCUT2D eigenvalue weighted by atomic mass is 16.5. The molecule has 0 N–H and O–H groups in total. The number of hydrogen-bond donors (Lipinski definition) is 0. The lowest BCUT2D eigenvalue weighted by molar-refractivity contribution is -0.140. The van der Waals surface area contributed by atoms with E-state index in [4.69, 9.17) is 14.6 Å². The van der Waals surface area contributed by atoms with E-state index in [1.54, 1.807) is 0 Å². The van der Waals surface area contributed by atoms with Crippen molar-refractivity contribution in [3.63, 3.8) is 0 Å². The van der Waals surface area contributed by atoms with E-state index in [0.29, 0.717) is 19.1 Å². The van der Waals surface area contributed by atoms with Crippen LogP contribution in [0.15, 0.2) is 72.8 Å². The lowest BCUT2D eigenvalue weighted by atomic mass is 9.98. The number of rotatable bonds is 8. The van der Waals surface area contributed by atoms with Crippen LogP contribution in [0.3, 0.4) is 0 Å². The van der Waals surface area contributed by atoms with Crippen molar-refractivity contribution in [2.24, 2.45) is 0 Å². The third-order valence-electron chi connectivity index (χ3n) is 7.04. The van der Waals surface area contributed by atoms with E-state index in [1.807, 2.05) is 37.3 Å². The zero-order valence-electron chi connectivity index (χ0n) is 20.4. The van der Waals surface area contributed by atoms with Crippen molar-refractivity contribution in [1.82, 2.24) is 9.78 Å². The first-order valence-corrected chi connectivity index (χ1v) is 12.5. The summed E-state index contributed by atoms with van der Waals surface area (Å²) in [5.74, 6) is 0.725. The van der Waals surface area contributed by atoms with Gasteiger partial charge in [0.05, 0.1) is 25.1 Å². The van der Waals surface area contributed by atoms with Gasteiger partial charge < -0.3 is 9.47 Å². The minimum absolute atomic E-state index is 0.105. The number of carbonyl (C=O) groups is 1. The smallest absolute Gasteiger partial charge is 0.306 e. The number of methoxy groups -OCH3 is 1. The Bertz CT molecular complexity index is 1290. The number of aromatic nitrogens is 2. The average molecular weight is 469 g/mol. The molecule has 5 heteroatoms. The van der Waals surface area contributed by atoms with Crippen LogP contribution in [-0.2, 0) is 16.1 Å². The molecule has 1 aliphatic carbocycles. The van der Waals surface area contributed by atoms with Crippen molar-refractivity contribution < 1.29 is 14.3 Å². The summed E-state index contributed by atoms with van der Waals surface area (Å²) in [4.78, 5) is 11.6. The van der Waals surface area contributed by atoms with Crippen LogP contribution >= 0.6 is 0 Å². The molecular formula is C30H32N2O3. The maximum Gasteiger partial charge on any atom is 0.306 e. The van der Waals surface area contributed by atoms with E-state index in [1.165, 1.54) is 43.7 Å². The first-order chi connectivity index (χ1) is 17.1. The van der Waals surface area contributed by atoms with Crippen LogP contribution in [0.5, 0.6) is 5.75 Å². The van der Waals surface area contributed by atoms with Gasteiger partial charge in [-0.2, -0.15) is 5.10 Å². The molecule has 0 spiro atoms. The van der Waals surface area contributed by atoms with E-state index in [0.717, 1.165) is 28.1 Å². The Hall–Kier alpha value is -3.60. The number of ether oxygens (including phenoxy) is 2. The molecule has 1 unspecified atom stereocenters. The summed E-state index contributed by atoms with van der Waals surface area (Å²) >= 11 is 0. The number of carbonyl (C=O) groups excluding carboxylic acids is 1. The third-order valence-corrected chi connectivity index (χ3v) is 7.04. The van der Waals surface area contributed by atoms with Crippen LogP contribution in [0.2, 0.25) is 0 Å². The van der Waals surface area contributed by atoms with Crippen LogP contribution in [0.4, 0.5) is 0 Å². The Balaban J connectivity index is 1.36. The molecule has 1 fully saturated rings. The standard InChI is InChI=1S/C30H32N2O3/c1-21(18-29(33)34-2)23-13-15-26(16-14-23)35-20-22-12-17-27-28(19-22)32(25-10-6-7-11-25)31-30(27)24-8-4-3-5-9-24/h3-5,8-9,12-17,19,21,25H,6-7,10-11,18,20H2,1-2H3. The van der Waals surface area contributed by atoms with Gasteiger partial charge in [-0.3, -0.25) is 9.48 Å². The zero-order chi connectivity index (χ0) is 24.2. The van der Waals surface area contributed by atoms with Gasteiger partial charge >= 0.3 is 5.97 Å². The molecule has 1 aliphatic rings. The largest absolute Gasteiger partial charge is 0.489 e. The van der Waals surface area contributed by atoms with E-state index in [9.17, 15) is 4.79 Å². The van der Waals surface area contributed by atoms with E-state index in [-0.39, 0.29) is 11.9 Å². The molecule has 1 atom stereocenters. The Morgan fingerprint density at radius 2 is 1.77 bits per heavy atom. The van der Waals surface area contributed by atoms with Gasteiger partial charge in [-0.15, -0.1) is 0 Å². The second-order valence-corrected chi connectivity index (χ2v) is 9.49. The molecule has 35 heavy (non-hydrogen) atoms. The van der Waals surface area contributed by atoms with Gasteiger partial charge in [-0.25, -0.2) is 0 Å². The van der Waals surface area contributed by atoms with E-state index >= 15 is 0 Å². The third kappa shape index (κ3) is 5.09. The minimum atomic E-state index is -0.194. The number of fused-ring (bicyclic) bond motifs is 1. The highest BCUT2D eigenvalue weighted by Crippen LogP contribution is 2.36. The second kappa shape index (κ2) is 10.3. The zero-order valence-corrected chi connectivity index (χ0v) is 20.4. The summed E-state index contributed by atoms with van der Waals surface area (Å²) in [6.45, 7) is 2.52. The topological polar surface area (TPSA) is 53.4 Å². The van der Waals surface area contributed by atoms with Crippen LogP contribution in [0.1, 0.15) is 62.1 Å². The maximum absolute atomic E-state index is 11.6. The van der Waals surface area contributed by atoms with Crippen molar-refractivity contribution in [3.8, 4) is 17.0 Å². The number of benzene rings is 3. The summed E-state index contributed by atoms with van der Waals surface area (Å²) in [6, 6.07) is 25.5. The van der Waals surface area contributed by atoms with Crippen LogP contribution in [-0.4, -0.2) is 22.9 Å². The maximum atomic E-state index is 11.6. The average Bonchev–Trinajstić information content (AvgIpc) is 3.56. The molecule has 1 heterocycles. The summed E-state index contributed by atoms with van der Waals surface area (Å²) in [5.41, 5.74) is 5.61. The Morgan fingerprint density at radius 1 is 1.03 bits per heavy atom. The number of hydrogen-bond acceptors (Lipinski definition) is 4. The lowest BCUT2D eigenvalue weighted by Crippen LogP contribution is -2.07. The fourth-order valence-electron chi connectivity index (χ4n) is 5.02. The quantitative estimate of drug-likeness (QED) is 0.260. The molecule has 1 saturated carbocycles. The molecule has 0 saturated heterocycles. The molecule has 0 bridgehead atoms. The van der Waals surface area contributed by atoms with Crippen LogP contribution in [0.25, 0.3) is 22.2 Å². The lowest BCUT2D eigenvalue weighted by Gasteiger charge is -2.13. The molecule has 0 aliphatic heterocycles. The van der Waals surface area contributed by atoms with Gasteiger partial charge in [0.1, 0.15) is 18.1 Å². The van der Waals surface area contributed by atoms with Gasteiger partial charge in [0, 0.05) is 10.9 Å². The SMILES string of the molecule is COC(=O)CC(C)c1ccc(OCc2ccc3c(-c4ccccc4)nn(C4CCCC4)c3c2)cc1. The normalized spacial score (nSPS) is 14.8. The molecule has 5 rings (SSSR count). The van der Waals surface area contributed by atoms with E-state index < -0.39 is 0 Å². The monoisotopic (exact) mass is 468 g/mol. The fraction of sp³-hybridized carbons (Fsp3) is 0.333. The first kappa shape index (κ1) is 23.2. The molecule has 1 aromatic heterocycles. The first-order valence-electron chi connectivity index (χ1n) is 12.5. The molecular weight excluding hydrogens is 436 g/mol. The molecule has 180 valence electrons. The van der Waals surface area contributed by atoms with Gasteiger partial charge in [0.15, 0.2) is 0 Å². The Labute approximate surface area is 206 Å². The van der Waals surface area contributed by atoms with Crippen molar-refractivity contribution in [2.75, 3.05) is 7.11 Å². The highest BCUT2D eigenvalue weighted by Gasteiger charge is 2.22. The van der Waals surface area contributed by atoms with Gasteiger partial charge in [-0.1, -0.05) is 74.4 Å². The van der Waals surface area contributed by atoms with Crippen molar-refractivity contribution in [1.29, 1.82) is 0 Å². The number of esters is 1. The van der Waals surface area contributed by atoms with Crippen molar-refractivity contribution >= 4 is 16.9 Å². The molecule has 4 aromatic rings. The molecule has 5 nitrogen and oxygen atoms in total. The fourth-order valence-corrected chi connectivity index (χ4v) is 5.02. The van der Waals surface area contributed by atoms with Crippen molar-refractivity contribution in [2.45, 2.75) is 57.6 Å². The summed E-state index contributed by atoms with van der Waals surface area (Å²) in [7, 11) is 1.42. The predicted octanol–water partition coefficient (Wildman–Crippen LogP) is 7.06. The number of nitrogens with zero attached hydrogens (tertiary/aromatic N) is 2. The van der Waals surface area contributed by atoms with Gasteiger partial charge in [0.25, 0.3) is 0 Å². The van der Waals surface area contributed by atoms with Crippen LogP contribution < -0.4 is 4.74 Å². The summed E-state index contributed by atoms with van der Waals surface area (Å²) in [5, 5.41) is 6.29. The predicted molar refractivity (Wildman–Crippen MR) is 138 cm³/mol. The Morgan fingerprint density at radius 3 is 2.49 bits per heavy atom. The van der Waals surface area contributed by atoms with E-state index in [2.05, 4.69) is 47.1 Å².